The molecule has 0 saturated carbocycles. The van der Waals surface area contributed by atoms with Crippen molar-refractivity contribution >= 4 is 5.91 Å². The fourth-order valence-electron chi connectivity index (χ4n) is 3.21. The van der Waals surface area contributed by atoms with Crippen LogP contribution in [0.2, 0.25) is 0 Å². The zero-order valence-corrected chi connectivity index (χ0v) is 14.3. The van der Waals surface area contributed by atoms with Crippen molar-refractivity contribution in [3.05, 3.63) is 50.4 Å². The largest absolute Gasteiger partial charge is 0.448 e. The molecule has 0 spiro atoms. The molecule has 0 unspecified atom stereocenters. The molecule has 0 bridgehead atoms. The van der Waals surface area contributed by atoms with Gasteiger partial charge < -0.3 is 14.4 Å². The highest BCUT2D eigenvalue weighted by Gasteiger charge is 2.41. The molecule has 2 atom stereocenters. The summed E-state index contributed by atoms with van der Waals surface area (Å²) in [5, 5.41) is 10.9. The molecule has 2 aromatic rings. The number of likely N-dealkylation sites (tertiary alicyclic amines) is 1. The fraction of sp³-hybridized carbons (Fsp3) is 0.500. The minimum absolute atomic E-state index is 0.0347. The average Bonchev–Trinajstić information content (AvgIpc) is 2.96. The summed E-state index contributed by atoms with van der Waals surface area (Å²) < 4.78 is 6.39. The third-order valence-corrected chi connectivity index (χ3v) is 4.51. The highest BCUT2D eigenvalue weighted by atomic mass is 16.3. The van der Waals surface area contributed by atoms with Crippen molar-refractivity contribution in [2.75, 3.05) is 13.1 Å². The summed E-state index contributed by atoms with van der Waals surface area (Å²) in [6.45, 7) is 5.18. The first-order chi connectivity index (χ1) is 11.7. The quantitative estimate of drug-likeness (QED) is 0.787. The number of aryl methyl sites for hydroxylation is 2. The lowest BCUT2D eigenvalue weighted by Crippen LogP contribution is -2.56. The van der Waals surface area contributed by atoms with Gasteiger partial charge in [0, 0.05) is 25.2 Å². The van der Waals surface area contributed by atoms with Gasteiger partial charge in [0.2, 0.25) is 0 Å². The monoisotopic (exact) mass is 348 g/mol. The Hall–Kier alpha value is -2.68. The number of carbonyl (C=O) groups is 1. The second-order valence-electron chi connectivity index (χ2n) is 6.62. The molecule has 2 aromatic heterocycles. The van der Waals surface area contributed by atoms with E-state index in [1.165, 1.54) is 21.9 Å². The number of aromatic amines is 1. The van der Waals surface area contributed by atoms with Crippen LogP contribution in [0.15, 0.2) is 26.5 Å². The van der Waals surface area contributed by atoms with Crippen LogP contribution in [-0.2, 0) is 0 Å². The first-order valence-corrected chi connectivity index (χ1v) is 7.95. The minimum Gasteiger partial charge on any atom is -0.448 e. The Labute approximate surface area is 142 Å². The van der Waals surface area contributed by atoms with Gasteiger partial charge in [-0.25, -0.2) is 9.78 Å². The zero-order valence-electron chi connectivity index (χ0n) is 14.3. The lowest BCUT2D eigenvalue weighted by atomic mass is 9.88. The van der Waals surface area contributed by atoms with Crippen molar-refractivity contribution in [2.45, 2.75) is 38.8 Å². The van der Waals surface area contributed by atoms with Gasteiger partial charge in [0.15, 0.2) is 11.6 Å². The molecule has 0 aromatic carbocycles. The predicted octanol–water partition coefficient (Wildman–Crippen LogP) is -0.0204. The summed E-state index contributed by atoms with van der Waals surface area (Å²) in [5.41, 5.74) is -1.81. The molecule has 2 N–H and O–H groups in total. The predicted molar refractivity (Wildman–Crippen MR) is 87.5 cm³/mol. The second kappa shape index (κ2) is 5.99. The summed E-state index contributed by atoms with van der Waals surface area (Å²) in [6, 6.07) is -0.557. The summed E-state index contributed by atoms with van der Waals surface area (Å²) in [6.07, 6.45) is 3.09. The van der Waals surface area contributed by atoms with Gasteiger partial charge >= 0.3 is 5.69 Å². The molecule has 1 saturated heterocycles. The average molecular weight is 348 g/mol. The van der Waals surface area contributed by atoms with E-state index >= 15 is 0 Å². The van der Waals surface area contributed by atoms with Gasteiger partial charge in [-0.3, -0.25) is 19.1 Å². The van der Waals surface area contributed by atoms with Gasteiger partial charge in [-0.2, -0.15) is 0 Å². The van der Waals surface area contributed by atoms with Gasteiger partial charge in [0.05, 0.1) is 12.6 Å². The van der Waals surface area contributed by atoms with Gasteiger partial charge in [-0.1, -0.05) is 0 Å². The maximum Gasteiger partial charge on any atom is 0.328 e. The van der Waals surface area contributed by atoms with Crippen LogP contribution in [0.25, 0.3) is 0 Å². The van der Waals surface area contributed by atoms with Crippen molar-refractivity contribution in [1.29, 1.82) is 0 Å². The van der Waals surface area contributed by atoms with Crippen LogP contribution < -0.4 is 11.2 Å². The molecule has 3 heterocycles. The second-order valence-corrected chi connectivity index (χ2v) is 6.62. The maximum absolute atomic E-state index is 12.5. The molecule has 1 aliphatic rings. The van der Waals surface area contributed by atoms with Crippen LogP contribution in [-0.4, -0.2) is 49.1 Å². The van der Waals surface area contributed by atoms with E-state index in [9.17, 15) is 19.5 Å². The normalized spacial score (nSPS) is 23.7. The molecule has 25 heavy (non-hydrogen) atoms. The summed E-state index contributed by atoms with van der Waals surface area (Å²) in [7, 11) is 0. The Bertz CT molecular complexity index is 923. The maximum atomic E-state index is 12.5. The Morgan fingerprint density at radius 3 is 2.76 bits per heavy atom. The number of hydrogen-bond acceptors (Lipinski definition) is 6. The van der Waals surface area contributed by atoms with Gasteiger partial charge in [0.25, 0.3) is 11.5 Å². The molecule has 134 valence electrons. The molecule has 0 radical (unpaired) electrons. The van der Waals surface area contributed by atoms with E-state index in [0.717, 1.165) is 0 Å². The Kier molecular flexibility index (Phi) is 4.11. The Morgan fingerprint density at radius 1 is 1.44 bits per heavy atom. The molecule has 1 aliphatic heterocycles. The minimum atomic E-state index is -1.35. The lowest BCUT2D eigenvalue weighted by Gasteiger charge is -2.43. The molecular formula is C16H20N4O5. The van der Waals surface area contributed by atoms with Crippen molar-refractivity contribution in [1.82, 2.24) is 19.4 Å². The van der Waals surface area contributed by atoms with Crippen LogP contribution in [0, 0.1) is 13.8 Å². The van der Waals surface area contributed by atoms with Crippen LogP contribution in [0.3, 0.4) is 0 Å². The van der Waals surface area contributed by atoms with Gasteiger partial charge in [0.1, 0.15) is 11.9 Å². The van der Waals surface area contributed by atoms with E-state index in [4.69, 9.17) is 4.42 Å². The van der Waals surface area contributed by atoms with Crippen molar-refractivity contribution in [3.8, 4) is 0 Å². The first-order valence-electron chi connectivity index (χ1n) is 7.95. The number of piperidine rings is 1. The van der Waals surface area contributed by atoms with E-state index in [-0.39, 0.29) is 18.1 Å². The topological polar surface area (TPSA) is 121 Å². The molecule has 9 heteroatoms. The summed E-state index contributed by atoms with van der Waals surface area (Å²) in [4.78, 5) is 43.9. The third-order valence-electron chi connectivity index (χ3n) is 4.51. The first kappa shape index (κ1) is 17.2. The number of H-pyrrole nitrogens is 1. The standard InChI is InChI=1S/C16H20N4O5/c1-9-6-20(15(23)18-13(9)21)12-4-5-19(8-16(12,3)24)14(22)11-7-25-10(2)17-11/h6-7,12,24H,4-5,8H2,1-3H3,(H,18,21,23)/t12-,16-/m0/s1. The number of carbonyl (C=O) groups excluding carboxylic acids is 1. The Morgan fingerprint density at radius 2 is 2.16 bits per heavy atom. The number of nitrogens with zero attached hydrogens (tertiary/aromatic N) is 3. The number of rotatable bonds is 2. The number of β-amino-alcohol motifs (C(OH)–C–C–N with tert-alkyl or cyclic N) is 1. The van der Waals surface area contributed by atoms with Crippen LogP contribution in [0.5, 0.6) is 0 Å². The van der Waals surface area contributed by atoms with Gasteiger partial charge in [-0.05, 0) is 20.3 Å². The smallest absolute Gasteiger partial charge is 0.328 e. The number of nitrogens with one attached hydrogen (secondary N) is 1. The lowest BCUT2D eigenvalue weighted by molar-refractivity contribution is -0.0505. The van der Waals surface area contributed by atoms with E-state index in [2.05, 4.69) is 9.97 Å². The highest BCUT2D eigenvalue weighted by Crippen LogP contribution is 2.31. The molecule has 0 aliphatic carbocycles. The molecule has 1 amide bonds. The number of aromatic nitrogens is 3. The van der Waals surface area contributed by atoms with Crippen LogP contribution in [0.4, 0.5) is 0 Å². The number of amides is 1. The van der Waals surface area contributed by atoms with E-state index < -0.39 is 22.9 Å². The fourth-order valence-corrected chi connectivity index (χ4v) is 3.21. The number of hydrogen-bond donors (Lipinski definition) is 2. The number of aliphatic hydroxyl groups is 1. The zero-order chi connectivity index (χ0) is 18.4. The van der Waals surface area contributed by atoms with E-state index in [1.807, 2.05) is 0 Å². The van der Waals surface area contributed by atoms with E-state index in [1.54, 1.807) is 20.8 Å². The van der Waals surface area contributed by atoms with Crippen molar-refractivity contribution in [3.63, 3.8) is 0 Å². The molecular weight excluding hydrogens is 328 g/mol. The van der Waals surface area contributed by atoms with Crippen LogP contribution in [0.1, 0.15) is 41.3 Å². The molecule has 9 nitrogen and oxygen atoms in total. The highest BCUT2D eigenvalue weighted by molar-refractivity contribution is 5.92. The SMILES string of the molecule is Cc1nc(C(=O)N2CC[C@H](n3cc(C)c(=O)[nH]c3=O)[C@@](C)(O)C2)co1. The van der Waals surface area contributed by atoms with E-state index in [0.29, 0.717) is 24.4 Å². The van der Waals surface area contributed by atoms with Crippen molar-refractivity contribution < 1.29 is 14.3 Å². The van der Waals surface area contributed by atoms with Crippen LogP contribution >= 0.6 is 0 Å². The summed E-state index contributed by atoms with van der Waals surface area (Å²) >= 11 is 0. The summed E-state index contributed by atoms with van der Waals surface area (Å²) in [5.74, 6) is 0.0563. The van der Waals surface area contributed by atoms with Crippen molar-refractivity contribution in [2.24, 2.45) is 0 Å². The Balaban J connectivity index is 1.86. The number of oxazole rings is 1. The molecule has 1 fully saturated rings. The van der Waals surface area contributed by atoms with Gasteiger partial charge in [-0.15, -0.1) is 0 Å². The molecule has 3 rings (SSSR count). The third kappa shape index (κ3) is 3.14.